The predicted molar refractivity (Wildman–Crippen MR) is 90.5 cm³/mol. The van der Waals surface area contributed by atoms with Crippen molar-refractivity contribution in [2.75, 3.05) is 19.5 Å². The highest BCUT2D eigenvalue weighted by Gasteiger charge is 2.53. The molecule has 5 nitrogen and oxygen atoms in total. The number of ether oxygens (including phenoxy) is 2. The summed E-state index contributed by atoms with van der Waals surface area (Å²) in [5.41, 5.74) is 7.03. The summed E-state index contributed by atoms with van der Waals surface area (Å²) >= 11 is 0. The monoisotopic (exact) mass is 305 g/mol. The van der Waals surface area contributed by atoms with E-state index in [4.69, 9.17) is 20.2 Å². The fraction of sp³-hybridized carbons (Fsp3) is 0.588. The molecule has 0 spiro atoms. The van der Waals surface area contributed by atoms with Crippen LogP contribution in [0.25, 0.3) is 0 Å². The van der Waals surface area contributed by atoms with Gasteiger partial charge in [-0.05, 0) is 31.4 Å². The lowest BCUT2D eigenvalue weighted by Crippen LogP contribution is -2.57. The molecule has 0 radical (unpaired) electrons. The van der Waals surface area contributed by atoms with E-state index in [1.54, 1.807) is 14.2 Å². The molecule has 0 bridgehead atoms. The molecule has 1 aliphatic carbocycles. The van der Waals surface area contributed by atoms with Crippen LogP contribution in [-0.2, 0) is 4.74 Å². The number of nitrogens with one attached hydrogen (secondary N) is 1. The molecule has 0 amide bonds. The van der Waals surface area contributed by atoms with Crippen molar-refractivity contribution >= 4 is 11.6 Å². The third-order valence-electron chi connectivity index (χ3n) is 5.01. The van der Waals surface area contributed by atoms with Crippen LogP contribution in [0.4, 0.5) is 5.69 Å². The van der Waals surface area contributed by atoms with Gasteiger partial charge in [0.1, 0.15) is 5.75 Å². The molecule has 2 rings (SSSR count). The molecule has 22 heavy (non-hydrogen) atoms. The molecule has 5 heteroatoms. The van der Waals surface area contributed by atoms with Crippen molar-refractivity contribution in [1.29, 1.82) is 0 Å². The summed E-state index contributed by atoms with van der Waals surface area (Å²) in [4.78, 5) is 4.69. The maximum atomic E-state index is 6.10. The van der Waals surface area contributed by atoms with E-state index in [9.17, 15) is 0 Å². The highest BCUT2D eigenvalue weighted by molar-refractivity contribution is 5.93. The van der Waals surface area contributed by atoms with E-state index in [0.29, 0.717) is 5.96 Å². The van der Waals surface area contributed by atoms with Crippen molar-refractivity contribution in [3.05, 3.63) is 24.3 Å². The predicted octanol–water partition coefficient (Wildman–Crippen LogP) is 3.02. The van der Waals surface area contributed by atoms with Crippen LogP contribution in [0.15, 0.2) is 29.3 Å². The molecule has 0 heterocycles. The van der Waals surface area contributed by atoms with Crippen LogP contribution >= 0.6 is 0 Å². The van der Waals surface area contributed by atoms with Gasteiger partial charge in [-0.15, -0.1) is 0 Å². The largest absolute Gasteiger partial charge is 0.495 e. The topological polar surface area (TPSA) is 68.9 Å². The van der Waals surface area contributed by atoms with E-state index < -0.39 is 0 Å². The Morgan fingerprint density at radius 3 is 2.59 bits per heavy atom. The number of benzene rings is 1. The van der Waals surface area contributed by atoms with Crippen molar-refractivity contribution in [2.24, 2.45) is 16.1 Å². The third-order valence-corrected chi connectivity index (χ3v) is 5.01. The van der Waals surface area contributed by atoms with Gasteiger partial charge in [-0.3, -0.25) is 0 Å². The highest BCUT2D eigenvalue weighted by Crippen LogP contribution is 2.50. The Hall–Kier alpha value is -1.75. The Kier molecular flexibility index (Phi) is 5.29. The third kappa shape index (κ3) is 2.90. The van der Waals surface area contributed by atoms with Gasteiger partial charge in [-0.1, -0.05) is 26.0 Å². The average molecular weight is 305 g/mol. The van der Waals surface area contributed by atoms with Crippen molar-refractivity contribution in [3.63, 3.8) is 0 Å². The highest BCUT2D eigenvalue weighted by atomic mass is 16.5. The van der Waals surface area contributed by atoms with Crippen LogP contribution in [0.2, 0.25) is 0 Å². The number of aliphatic imine (C=N–C) groups is 1. The second-order valence-electron chi connectivity index (χ2n) is 5.76. The SMILES string of the molecule is CCC1(CC)C(N=C(N)Nc2ccccc2OC)CC1OC. The van der Waals surface area contributed by atoms with Gasteiger partial charge in [0.2, 0.25) is 0 Å². The molecule has 1 aliphatic rings. The molecule has 0 aliphatic heterocycles. The Balaban J connectivity index is 2.12. The van der Waals surface area contributed by atoms with E-state index in [1.165, 1.54) is 0 Å². The molecule has 3 N–H and O–H groups in total. The number of rotatable bonds is 6. The summed E-state index contributed by atoms with van der Waals surface area (Å²) in [5, 5.41) is 3.14. The lowest BCUT2D eigenvalue weighted by molar-refractivity contribution is -0.111. The fourth-order valence-corrected chi connectivity index (χ4v) is 3.50. The van der Waals surface area contributed by atoms with Crippen molar-refractivity contribution in [2.45, 2.75) is 45.3 Å². The van der Waals surface area contributed by atoms with Crippen molar-refractivity contribution in [1.82, 2.24) is 0 Å². The Morgan fingerprint density at radius 1 is 1.32 bits per heavy atom. The van der Waals surface area contributed by atoms with Crippen LogP contribution in [0, 0.1) is 5.41 Å². The molecule has 1 aromatic rings. The van der Waals surface area contributed by atoms with Crippen molar-refractivity contribution < 1.29 is 9.47 Å². The van der Waals surface area contributed by atoms with Gasteiger partial charge in [-0.2, -0.15) is 0 Å². The quantitative estimate of drug-likeness (QED) is 0.626. The number of nitrogens with zero attached hydrogens (tertiary/aromatic N) is 1. The Labute approximate surface area is 132 Å². The Morgan fingerprint density at radius 2 is 2.00 bits per heavy atom. The normalized spacial score (nSPS) is 23.7. The minimum atomic E-state index is 0.0990. The molecule has 2 atom stereocenters. The zero-order chi connectivity index (χ0) is 16.2. The number of methoxy groups -OCH3 is 2. The van der Waals surface area contributed by atoms with Gasteiger partial charge < -0.3 is 20.5 Å². The molecule has 122 valence electrons. The minimum absolute atomic E-state index is 0.0990. The van der Waals surface area contributed by atoms with Gasteiger partial charge in [0, 0.05) is 12.5 Å². The molecule has 0 aromatic heterocycles. The second kappa shape index (κ2) is 7.01. The maximum absolute atomic E-state index is 6.10. The summed E-state index contributed by atoms with van der Waals surface area (Å²) in [6, 6.07) is 7.88. The summed E-state index contributed by atoms with van der Waals surface area (Å²) in [7, 11) is 3.42. The lowest BCUT2D eigenvalue weighted by Gasteiger charge is -2.53. The first-order valence-electron chi connectivity index (χ1n) is 7.87. The smallest absolute Gasteiger partial charge is 0.193 e. The number of nitrogens with two attached hydrogens (primary N) is 1. The first-order chi connectivity index (χ1) is 10.6. The zero-order valence-electron chi connectivity index (χ0n) is 13.9. The lowest BCUT2D eigenvalue weighted by atomic mass is 9.59. The molecular formula is C17H27N3O2. The number of hydrogen-bond donors (Lipinski definition) is 2. The van der Waals surface area contributed by atoms with Gasteiger partial charge in [0.05, 0.1) is 24.9 Å². The van der Waals surface area contributed by atoms with Gasteiger partial charge in [0.25, 0.3) is 0 Å². The first-order valence-corrected chi connectivity index (χ1v) is 7.87. The van der Waals surface area contributed by atoms with Crippen LogP contribution in [0.5, 0.6) is 5.75 Å². The summed E-state index contributed by atoms with van der Waals surface area (Å²) < 4.78 is 10.9. The Bertz CT molecular complexity index is 526. The van der Waals surface area contributed by atoms with Gasteiger partial charge in [-0.25, -0.2) is 4.99 Å². The summed E-state index contributed by atoms with van der Waals surface area (Å²) in [5.74, 6) is 1.18. The number of anilines is 1. The van der Waals surface area contributed by atoms with E-state index in [-0.39, 0.29) is 17.6 Å². The average Bonchev–Trinajstić information content (AvgIpc) is 2.53. The molecule has 1 fully saturated rings. The van der Waals surface area contributed by atoms with Gasteiger partial charge >= 0.3 is 0 Å². The van der Waals surface area contributed by atoms with E-state index in [2.05, 4.69) is 19.2 Å². The summed E-state index contributed by atoms with van der Waals surface area (Å²) in [6.45, 7) is 4.39. The second-order valence-corrected chi connectivity index (χ2v) is 5.76. The van der Waals surface area contributed by atoms with Crippen molar-refractivity contribution in [3.8, 4) is 5.75 Å². The van der Waals surface area contributed by atoms with E-state index in [1.807, 2.05) is 24.3 Å². The minimum Gasteiger partial charge on any atom is -0.495 e. The van der Waals surface area contributed by atoms with Gasteiger partial charge in [0.15, 0.2) is 5.96 Å². The first kappa shape index (κ1) is 16.6. The van der Waals surface area contributed by atoms with Crippen LogP contribution in [0.1, 0.15) is 33.1 Å². The maximum Gasteiger partial charge on any atom is 0.193 e. The molecule has 1 aromatic carbocycles. The zero-order valence-corrected chi connectivity index (χ0v) is 13.9. The summed E-state index contributed by atoms with van der Waals surface area (Å²) in [6.07, 6.45) is 3.28. The number of guanidine groups is 1. The number of hydrogen-bond acceptors (Lipinski definition) is 3. The molecule has 0 saturated heterocycles. The van der Waals surface area contributed by atoms with Crippen LogP contribution < -0.4 is 15.8 Å². The standard InChI is InChI=1S/C17H27N3O2/c1-5-17(6-2)14(11-15(17)22-4)20-16(18)19-12-9-7-8-10-13(12)21-3/h7-10,14-15H,5-6,11H2,1-4H3,(H3,18,19,20). The van der Waals surface area contributed by atoms with E-state index >= 15 is 0 Å². The molecular weight excluding hydrogens is 278 g/mol. The fourth-order valence-electron chi connectivity index (χ4n) is 3.50. The molecule has 1 saturated carbocycles. The van der Waals surface area contributed by atoms with E-state index in [0.717, 1.165) is 30.7 Å². The number of para-hydroxylation sites is 2. The van der Waals surface area contributed by atoms with Crippen LogP contribution in [0.3, 0.4) is 0 Å². The van der Waals surface area contributed by atoms with Crippen LogP contribution in [-0.4, -0.2) is 32.3 Å². The molecule has 2 unspecified atom stereocenters.